The monoisotopic (exact) mass is 460 g/mol. The highest BCUT2D eigenvalue weighted by molar-refractivity contribution is 5.92. The van der Waals surface area contributed by atoms with Crippen LogP contribution in [-0.4, -0.2) is 17.9 Å². The molecule has 0 saturated carbocycles. The molecule has 0 heterocycles. The number of carbonyl (C=O) groups excluding carboxylic acids is 3. The molecule has 0 atom stereocenters. The number of ether oxygens (including phenoxy) is 3. The van der Waals surface area contributed by atoms with Crippen molar-refractivity contribution in [2.24, 2.45) is 0 Å². The minimum absolute atomic E-state index is 0.0647. The van der Waals surface area contributed by atoms with Gasteiger partial charge in [0.2, 0.25) is 0 Å². The molecule has 0 N–H and O–H groups in total. The summed E-state index contributed by atoms with van der Waals surface area (Å²) in [5.74, 6) is -1.78. The molecular weight excluding hydrogens is 439 g/mol. The topological polar surface area (TPSA) is 78.9 Å². The molecule has 7 heteroatoms. The lowest BCUT2D eigenvalue weighted by Gasteiger charge is -2.09. The van der Waals surface area contributed by atoms with Crippen LogP contribution in [0, 0.1) is 5.82 Å². The van der Waals surface area contributed by atoms with Gasteiger partial charge in [-0.15, -0.1) is 0 Å². The minimum atomic E-state index is -0.641. The van der Waals surface area contributed by atoms with Gasteiger partial charge in [-0.1, -0.05) is 25.3 Å². The number of halogens is 1. The van der Waals surface area contributed by atoms with E-state index >= 15 is 0 Å². The van der Waals surface area contributed by atoms with Gasteiger partial charge in [0, 0.05) is 22.8 Å². The SMILES string of the molecule is C=C(C)C(=O)Oc1ccc(OC(=O)c2ccc(-c3ccc(OC(=O)C(=C)C)cc3F)cc2)cc1. The van der Waals surface area contributed by atoms with E-state index in [1.54, 1.807) is 12.1 Å². The summed E-state index contributed by atoms with van der Waals surface area (Å²) in [7, 11) is 0. The van der Waals surface area contributed by atoms with Crippen LogP contribution in [0.1, 0.15) is 24.2 Å². The van der Waals surface area contributed by atoms with Crippen molar-refractivity contribution < 1.29 is 33.0 Å². The molecule has 0 aromatic heterocycles. The third kappa shape index (κ3) is 6.04. The Hall–Kier alpha value is -4.52. The molecule has 3 rings (SSSR count). The average molecular weight is 460 g/mol. The molecule has 3 aromatic rings. The largest absolute Gasteiger partial charge is 0.423 e. The normalized spacial score (nSPS) is 10.2. The van der Waals surface area contributed by atoms with E-state index in [1.807, 2.05) is 0 Å². The lowest BCUT2D eigenvalue weighted by Crippen LogP contribution is -2.09. The smallest absolute Gasteiger partial charge is 0.343 e. The summed E-state index contributed by atoms with van der Waals surface area (Å²) in [6.07, 6.45) is 0. The third-order valence-electron chi connectivity index (χ3n) is 4.52. The molecule has 6 nitrogen and oxygen atoms in total. The molecule has 0 aliphatic carbocycles. The maximum atomic E-state index is 14.5. The lowest BCUT2D eigenvalue weighted by atomic mass is 10.0. The maximum absolute atomic E-state index is 14.5. The summed E-state index contributed by atoms with van der Waals surface area (Å²) in [6.45, 7) is 10.0. The molecule has 0 aliphatic rings. The van der Waals surface area contributed by atoms with Gasteiger partial charge in [-0.3, -0.25) is 0 Å². The van der Waals surface area contributed by atoms with Gasteiger partial charge >= 0.3 is 17.9 Å². The molecule has 0 spiro atoms. The first kappa shape index (κ1) is 24.1. The first-order valence-electron chi connectivity index (χ1n) is 10.1. The van der Waals surface area contributed by atoms with E-state index in [9.17, 15) is 18.8 Å². The zero-order valence-electron chi connectivity index (χ0n) is 18.6. The molecular formula is C27H21FO6. The predicted octanol–water partition coefficient (Wildman–Crippen LogP) is 5.67. The molecule has 0 fully saturated rings. The Morgan fingerprint density at radius 3 is 1.65 bits per heavy atom. The summed E-state index contributed by atoms with van der Waals surface area (Å²) in [5.41, 5.74) is 1.52. The summed E-state index contributed by atoms with van der Waals surface area (Å²) < 4.78 is 30.0. The van der Waals surface area contributed by atoms with Crippen molar-refractivity contribution in [2.45, 2.75) is 13.8 Å². The first-order chi connectivity index (χ1) is 16.1. The van der Waals surface area contributed by atoms with Gasteiger partial charge in [-0.05, 0) is 67.9 Å². The fourth-order valence-corrected chi connectivity index (χ4v) is 2.71. The zero-order valence-corrected chi connectivity index (χ0v) is 18.6. The highest BCUT2D eigenvalue weighted by Gasteiger charge is 2.13. The van der Waals surface area contributed by atoms with Gasteiger partial charge in [0.15, 0.2) is 0 Å². The molecule has 0 bridgehead atoms. The van der Waals surface area contributed by atoms with Crippen molar-refractivity contribution >= 4 is 17.9 Å². The van der Waals surface area contributed by atoms with Gasteiger partial charge in [0.1, 0.15) is 23.1 Å². The predicted molar refractivity (Wildman–Crippen MR) is 124 cm³/mol. The van der Waals surface area contributed by atoms with E-state index in [-0.39, 0.29) is 33.8 Å². The van der Waals surface area contributed by atoms with E-state index in [2.05, 4.69) is 13.2 Å². The van der Waals surface area contributed by atoms with Gasteiger partial charge in [-0.2, -0.15) is 0 Å². The van der Waals surface area contributed by atoms with E-state index in [0.717, 1.165) is 6.07 Å². The number of hydrogen-bond donors (Lipinski definition) is 0. The van der Waals surface area contributed by atoms with Crippen molar-refractivity contribution in [3.63, 3.8) is 0 Å². The van der Waals surface area contributed by atoms with E-state index in [0.29, 0.717) is 11.3 Å². The fourth-order valence-electron chi connectivity index (χ4n) is 2.71. The van der Waals surface area contributed by atoms with Crippen LogP contribution in [0.2, 0.25) is 0 Å². The number of esters is 3. The number of rotatable bonds is 7. The molecule has 34 heavy (non-hydrogen) atoms. The quantitative estimate of drug-likeness (QED) is 0.257. The van der Waals surface area contributed by atoms with Crippen LogP contribution in [0.3, 0.4) is 0 Å². The second-order valence-corrected chi connectivity index (χ2v) is 7.42. The van der Waals surface area contributed by atoms with Crippen LogP contribution in [0.25, 0.3) is 11.1 Å². The Morgan fingerprint density at radius 2 is 1.15 bits per heavy atom. The Kier molecular flexibility index (Phi) is 7.38. The lowest BCUT2D eigenvalue weighted by molar-refractivity contribution is -0.130. The second kappa shape index (κ2) is 10.4. The van der Waals surface area contributed by atoms with Crippen molar-refractivity contribution in [2.75, 3.05) is 0 Å². The molecule has 0 saturated heterocycles. The molecule has 0 radical (unpaired) electrons. The first-order valence-corrected chi connectivity index (χ1v) is 10.1. The van der Waals surface area contributed by atoms with Crippen molar-refractivity contribution in [1.82, 2.24) is 0 Å². The number of hydrogen-bond acceptors (Lipinski definition) is 6. The molecule has 0 aliphatic heterocycles. The van der Waals surface area contributed by atoms with Crippen LogP contribution < -0.4 is 14.2 Å². The highest BCUT2D eigenvalue weighted by Crippen LogP contribution is 2.27. The van der Waals surface area contributed by atoms with Crippen LogP contribution in [-0.2, 0) is 9.59 Å². The average Bonchev–Trinajstić information content (AvgIpc) is 2.80. The van der Waals surface area contributed by atoms with E-state index < -0.39 is 23.7 Å². The summed E-state index contributed by atoms with van der Waals surface area (Å²) in [5, 5.41) is 0. The van der Waals surface area contributed by atoms with Crippen molar-refractivity contribution in [3.05, 3.63) is 102 Å². The Morgan fingerprint density at radius 1 is 0.676 bits per heavy atom. The molecule has 3 aromatic carbocycles. The standard InChI is InChI=1S/C27H21FO6/c1-16(2)25(29)32-20-9-11-21(12-10-20)33-27(31)19-7-5-18(6-8-19)23-14-13-22(15-24(23)28)34-26(30)17(3)4/h5-15H,1,3H2,2,4H3. The van der Waals surface area contributed by atoms with Crippen LogP contribution >= 0.6 is 0 Å². The van der Waals surface area contributed by atoms with Crippen LogP contribution in [0.5, 0.6) is 17.2 Å². The highest BCUT2D eigenvalue weighted by atomic mass is 19.1. The minimum Gasteiger partial charge on any atom is -0.423 e. The number of benzene rings is 3. The van der Waals surface area contributed by atoms with Gasteiger partial charge in [0.25, 0.3) is 0 Å². The van der Waals surface area contributed by atoms with E-state index in [1.165, 1.54) is 62.4 Å². The Labute approximate surface area is 195 Å². The van der Waals surface area contributed by atoms with Crippen molar-refractivity contribution in [3.8, 4) is 28.4 Å². The third-order valence-corrected chi connectivity index (χ3v) is 4.52. The molecule has 172 valence electrons. The Bertz CT molecular complexity index is 1270. The molecule has 0 unspecified atom stereocenters. The van der Waals surface area contributed by atoms with Crippen LogP contribution in [0.15, 0.2) is 91.0 Å². The second-order valence-electron chi connectivity index (χ2n) is 7.42. The van der Waals surface area contributed by atoms with E-state index in [4.69, 9.17) is 14.2 Å². The van der Waals surface area contributed by atoms with Gasteiger partial charge < -0.3 is 14.2 Å². The van der Waals surface area contributed by atoms with Crippen molar-refractivity contribution in [1.29, 1.82) is 0 Å². The maximum Gasteiger partial charge on any atom is 0.343 e. The number of carbonyl (C=O) groups is 3. The fraction of sp³-hybridized carbons (Fsp3) is 0.0741. The Balaban J connectivity index is 1.66. The zero-order chi connectivity index (χ0) is 24.8. The van der Waals surface area contributed by atoms with Gasteiger partial charge in [-0.25, -0.2) is 18.8 Å². The summed E-state index contributed by atoms with van der Waals surface area (Å²) in [4.78, 5) is 35.6. The molecule has 0 amide bonds. The van der Waals surface area contributed by atoms with Gasteiger partial charge in [0.05, 0.1) is 5.56 Å². The summed E-state index contributed by atoms with van der Waals surface area (Å²) >= 11 is 0. The summed E-state index contributed by atoms with van der Waals surface area (Å²) in [6, 6.07) is 16.2. The van der Waals surface area contributed by atoms with Crippen LogP contribution in [0.4, 0.5) is 4.39 Å².